The lowest BCUT2D eigenvalue weighted by molar-refractivity contribution is -0.136. The molecule has 0 aliphatic carbocycles. The van der Waals surface area contributed by atoms with Crippen molar-refractivity contribution in [1.29, 1.82) is 0 Å². The monoisotopic (exact) mass is 647 g/mol. The van der Waals surface area contributed by atoms with Crippen LogP contribution >= 0.6 is 0 Å². The van der Waals surface area contributed by atoms with Gasteiger partial charge in [-0.2, -0.15) is 0 Å². The topological polar surface area (TPSA) is 125 Å². The quantitative estimate of drug-likeness (QED) is 0.366. The van der Waals surface area contributed by atoms with Crippen LogP contribution in [0.15, 0.2) is 24.5 Å². The highest BCUT2D eigenvalue weighted by Crippen LogP contribution is 2.37. The number of fused-ring (bicyclic) bond motifs is 2. The summed E-state index contributed by atoms with van der Waals surface area (Å²) in [5, 5.41) is 0. The maximum Gasteiger partial charge on any atom is 0.420 e. The van der Waals surface area contributed by atoms with Gasteiger partial charge in [0.2, 0.25) is 5.91 Å². The van der Waals surface area contributed by atoms with Gasteiger partial charge in [0, 0.05) is 38.0 Å². The molecule has 0 bridgehead atoms. The Hall–Kier alpha value is -4.03. The third-order valence-electron chi connectivity index (χ3n) is 8.65. The molecule has 3 aliphatic rings. The number of ether oxygens (including phenoxy) is 4. The predicted octanol–water partition coefficient (Wildman–Crippen LogP) is 5.42. The van der Waals surface area contributed by atoms with Gasteiger partial charge < -0.3 is 23.8 Å². The summed E-state index contributed by atoms with van der Waals surface area (Å²) in [4.78, 5) is 53.2. The van der Waals surface area contributed by atoms with E-state index in [1.54, 1.807) is 17.3 Å². The van der Waals surface area contributed by atoms with E-state index < -0.39 is 29.4 Å². The summed E-state index contributed by atoms with van der Waals surface area (Å²) in [7, 11) is 0. The van der Waals surface area contributed by atoms with Crippen LogP contribution in [0.2, 0.25) is 0 Å². The number of carbonyl (C=O) groups excluding carboxylic acids is 3. The minimum Gasteiger partial charge on any atom is -0.444 e. The summed E-state index contributed by atoms with van der Waals surface area (Å²) in [5.41, 5.74) is 4.95. The van der Waals surface area contributed by atoms with Gasteiger partial charge in [-0.1, -0.05) is 0 Å². The Morgan fingerprint density at radius 1 is 0.936 bits per heavy atom. The van der Waals surface area contributed by atoms with Crippen molar-refractivity contribution in [3.63, 3.8) is 0 Å². The Balaban J connectivity index is 1.42. The maximum absolute atomic E-state index is 13.5. The summed E-state index contributed by atoms with van der Waals surface area (Å²) < 4.78 is 24.3. The van der Waals surface area contributed by atoms with Crippen molar-refractivity contribution in [1.82, 2.24) is 24.3 Å². The molecule has 2 saturated heterocycles. The molecule has 2 atom stereocenters. The van der Waals surface area contributed by atoms with Crippen molar-refractivity contribution in [2.75, 3.05) is 39.5 Å². The molecule has 0 N–H and O–H groups in total. The van der Waals surface area contributed by atoms with Crippen LogP contribution in [0.4, 0.5) is 9.59 Å². The molecule has 5 heterocycles. The molecule has 2 aromatic heterocycles. The zero-order valence-electron chi connectivity index (χ0n) is 28.4. The van der Waals surface area contributed by atoms with E-state index in [0.717, 1.165) is 34.2 Å². The van der Waals surface area contributed by atoms with Gasteiger partial charge in [0.05, 0.1) is 43.7 Å². The largest absolute Gasteiger partial charge is 0.444 e. The Morgan fingerprint density at radius 3 is 2.36 bits per heavy atom. The fourth-order valence-corrected chi connectivity index (χ4v) is 6.45. The first kappa shape index (κ1) is 32.9. The first-order valence-corrected chi connectivity index (χ1v) is 16.4. The molecule has 3 aliphatic heterocycles. The maximum atomic E-state index is 13.5. The van der Waals surface area contributed by atoms with E-state index >= 15 is 0 Å². The molecule has 2 fully saturated rings. The van der Waals surface area contributed by atoms with Crippen molar-refractivity contribution in [3.05, 3.63) is 46.8 Å². The molecule has 12 heteroatoms. The smallest absolute Gasteiger partial charge is 0.420 e. The standard InChI is InChI=1S/C35H45N5O7/c1-21-17-40(33(43)47-35(5,6)7)30-29(21)37-27(16-36-30)24-14-22-8-10-38(31(41)23-9-12-44-19-23)18-26(22)25(15-24)28-20-45-13-11-39(28)32(42)46-34(2,3)4/h14-17,23,28H,8-13,18-20H2,1-7H3. The minimum atomic E-state index is -0.660. The summed E-state index contributed by atoms with van der Waals surface area (Å²) in [5.74, 6) is -0.0258. The lowest BCUT2D eigenvalue weighted by Gasteiger charge is -2.40. The zero-order chi connectivity index (χ0) is 33.7. The number of amides is 2. The average molecular weight is 648 g/mol. The van der Waals surface area contributed by atoms with Gasteiger partial charge in [0.25, 0.3) is 0 Å². The Bertz CT molecular complexity index is 1700. The second kappa shape index (κ2) is 12.5. The second-order valence-electron chi connectivity index (χ2n) is 14.6. The van der Waals surface area contributed by atoms with Crippen molar-refractivity contribution < 1.29 is 33.3 Å². The van der Waals surface area contributed by atoms with E-state index in [0.29, 0.717) is 69.3 Å². The lowest BCUT2D eigenvalue weighted by Crippen LogP contribution is -2.46. The van der Waals surface area contributed by atoms with Crippen molar-refractivity contribution >= 4 is 29.3 Å². The van der Waals surface area contributed by atoms with E-state index in [4.69, 9.17) is 23.9 Å². The van der Waals surface area contributed by atoms with Crippen LogP contribution in [0.3, 0.4) is 0 Å². The third-order valence-corrected chi connectivity index (χ3v) is 8.65. The van der Waals surface area contributed by atoms with Crippen LogP contribution < -0.4 is 0 Å². The highest BCUT2D eigenvalue weighted by Gasteiger charge is 2.37. The van der Waals surface area contributed by atoms with Gasteiger partial charge in [-0.3, -0.25) is 9.69 Å². The van der Waals surface area contributed by atoms with Crippen molar-refractivity contribution in [3.8, 4) is 11.3 Å². The first-order valence-electron chi connectivity index (χ1n) is 16.4. The first-order chi connectivity index (χ1) is 22.2. The van der Waals surface area contributed by atoms with E-state index in [1.165, 1.54) is 4.57 Å². The fourth-order valence-electron chi connectivity index (χ4n) is 6.45. The summed E-state index contributed by atoms with van der Waals surface area (Å²) in [6.45, 7) is 16.1. The molecular weight excluding hydrogens is 602 g/mol. The van der Waals surface area contributed by atoms with Crippen LogP contribution in [0.1, 0.15) is 76.3 Å². The molecule has 2 amide bonds. The predicted molar refractivity (Wildman–Crippen MR) is 174 cm³/mol. The Kier molecular flexibility index (Phi) is 8.77. The number of hydrogen-bond acceptors (Lipinski definition) is 9. The van der Waals surface area contributed by atoms with Crippen LogP contribution in [-0.2, 0) is 36.7 Å². The average Bonchev–Trinajstić information content (AvgIpc) is 3.67. The lowest BCUT2D eigenvalue weighted by atomic mass is 9.87. The molecule has 0 spiro atoms. The molecule has 47 heavy (non-hydrogen) atoms. The molecule has 252 valence electrons. The summed E-state index contributed by atoms with van der Waals surface area (Å²) >= 11 is 0. The molecule has 0 saturated carbocycles. The number of aromatic nitrogens is 3. The van der Waals surface area contributed by atoms with Gasteiger partial charge in [0.1, 0.15) is 16.7 Å². The SMILES string of the molecule is Cc1cn(C(=O)OC(C)(C)C)c2ncc(-c3cc4c(c(C5COCCN5C(=O)OC(C)(C)C)c3)CN(C(=O)C3CCOC3)CC4)nc12. The number of rotatable bonds is 3. The number of nitrogens with zero attached hydrogens (tertiary/aromatic N) is 5. The normalized spacial score (nSPS) is 20.3. The molecule has 12 nitrogen and oxygen atoms in total. The van der Waals surface area contributed by atoms with Crippen molar-refractivity contribution in [2.45, 2.75) is 85.1 Å². The third kappa shape index (κ3) is 6.99. The Labute approximate surface area is 275 Å². The zero-order valence-corrected chi connectivity index (χ0v) is 28.4. The fraction of sp³-hybridized carbons (Fsp3) is 0.571. The van der Waals surface area contributed by atoms with Crippen LogP contribution in [-0.4, -0.2) is 93.1 Å². The minimum absolute atomic E-state index is 0.105. The van der Waals surface area contributed by atoms with Gasteiger partial charge in [-0.15, -0.1) is 0 Å². The van der Waals surface area contributed by atoms with E-state index in [-0.39, 0.29) is 11.8 Å². The number of carbonyl (C=O) groups is 3. The molecular formula is C35H45N5O7. The summed E-state index contributed by atoms with van der Waals surface area (Å²) in [6, 6.07) is 3.72. The highest BCUT2D eigenvalue weighted by molar-refractivity contribution is 5.88. The molecule has 6 rings (SSSR count). The molecule has 3 aromatic rings. The van der Waals surface area contributed by atoms with E-state index in [1.807, 2.05) is 59.4 Å². The van der Waals surface area contributed by atoms with E-state index in [2.05, 4.69) is 11.1 Å². The number of morpholine rings is 1. The van der Waals surface area contributed by atoms with Gasteiger partial charge in [-0.25, -0.2) is 24.1 Å². The van der Waals surface area contributed by atoms with Crippen LogP contribution in [0.25, 0.3) is 22.4 Å². The highest BCUT2D eigenvalue weighted by atomic mass is 16.6. The molecule has 0 radical (unpaired) electrons. The summed E-state index contributed by atoms with van der Waals surface area (Å²) in [6.07, 6.45) is 3.82. The van der Waals surface area contributed by atoms with E-state index in [9.17, 15) is 14.4 Å². The van der Waals surface area contributed by atoms with Gasteiger partial charge in [-0.05, 0) is 95.7 Å². The molecule has 2 unspecified atom stereocenters. The second-order valence-corrected chi connectivity index (χ2v) is 14.6. The Morgan fingerprint density at radius 2 is 1.66 bits per heavy atom. The number of benzene rings is 1. The molecule has 1 aromatic carbocycles. The van der Waals surface area contributed by atoms with Crippen LogP contribution in [0, 0.1) is 12.8 Å². The number of hydrogen-bond donors (Lipinski definition) is 0. The van der Waals surface area contributed by atoms with Gasteiger partial charge >= 0.3 is 12.2 Å². The number of aryl methyl sites for hydroxylation is 1. The van der Waals surface area contributed by atoms with Crippen LogP contribution in [0.5, 0.6) is 0 Å². The van der Waals surface area contributed by atoms with Crippen molar-refractivity contribution in [2.24, 2.45) is 5.92 Å². The van der Waals surface area contributed by atoms with Gasteiger partial charge in [0.15, 0.2) is 5.65 Å².